The quantitative estimate of drug-likeness (QED) is 0.430. The Balaban J connectivity index is 1.61. The monoisotopic (exact) mass is 451 g/mol. The summed E-state index contributed by atoms with van der Waals surface area (Å²) in [7, 11) is 1.83. The highest BCUT2D eigenvalue weighted by Gasteiger charge is 2.18. The van der Waals surface area contributed by atoms with Gasteiger partial charge in [0.2, 0.25) is 5.91 Å². The summed E-state index contributed by atoms with van der Waals surface area (Å²) in [5.74, 6) is 0.112. The Morgan fingerprint density at radius 1 is 1.28 bits per heavy atom. The number of nitrogens with zero attached hydrogens (tertiary/aromatic N) is 4. The molecule has 2 heterocycles. The van der Waals surface area contributed by atoms with Crippen LogP contribution in [0.15, 0.2) is 29.4 Å². The van der Waals surface area contributed by atoms with E-state index in [2.05, 4.69) is 20.5 Å². The lowest BCUT2D eigenvalue weighted by atomic mass is 10.2. The first kappa shape index (κ1) is 21.3. The summed E-state index contributed by atoms with van der Waals surface area (Å²) in [4.78, 5) is 28.7. The van der Waals surface area contributed by atoms with Gasteiger partial charge in [-0.3, -0.25) is 4.79 Å². The Labute approximate surface area is 180 Å². The molecule has 3 rings (SSSR count). The van der Waals surface area contributed by atoms with Crippen molar-refractivity contribution in [3.8, 4) is 11.4 Å². The van der Waals surface area contributed by atoms with Gasteiger partial charge in [0.15, 0.2) is 16.1 Å². The zero-order valence-electron chi connectivity index (χ0n) is 15.9. The van der Waals surface area contributed by atoms with Gasteiger partial charge in [-0.25, -0.2) is 9.78 Å². The lowest BCUT2D eigenvalue weighted by Crippen LogP contribution is -2.14. The van der Waals surface area contributed by atoms with Gasteiger partial charge in [0.05, 0.1) is 18.1 Å². The minimum absolute atomic E-state index is 0.125. The van der Waals surface area contributed by atoms with E-state index in [4.69, 9.17) is 16.3 Å². The molecule has 0 fully saturated rings. The highest BCUT2D eigenvalue weighted by molar-refractivity contribution is 7.99. The van der Waals surface area contributed by atoms with E-state index < -0.39 is 5.97 Å². The number of carbonyl (C=O) groups is 2. The minimum Gasteiger partial charge on any atom is -0.462 e. The molecule has 0 radical (unpaired) electrons. The Bertz CT molecular complexity index is 1030. The molecule has 1 N–H and O–H groups in total. The highest BCUT2D eigenvalue weighted by Crippen LogP contribution is 2.26. The third-order valence-corrected chi connectivity index (χ3v) is 6.10. The van der Waals surface area contributed by atoms with Crippen LogP contribution in [-0.4, -0.2) is 44.0 Å². The molecule has 0 aliphatic heterocycles. The van der Waals surface area contributed by atoms with Gasteiger partial charge in [0.25, 0.3) is 0 Å². The van der Waals surface area contributed by atoms with Crippen molar-refractivity contribution in [2.45, 2.75) is 19.0 Å². The van der Waals surface area contributed by atoms with Crippen molar-refractivity contribution in [3.63, 3.8) is 0 Å². The molecule has 0 aliphatic carbocycles. The van der Waals surface area contributed by atoms with Crippen LogP contribution in [0.1, 0.15) is 22.3 Å². The maximum atomic E-state index is 12.3. The molecule has 8 nitrogen and oxygen atoms in total. The van der Waals surface area contributed by atoms with Crippen molar-refractivity contribution in [1.29, 1.82) is 0 Å². The molecule has 1 amide bonds. The summed E-state index contributed by atoms with van der Waals surface area (Å²) >= 11 is 8.27. The van der Waals surface area contributed by atoms with Crippen LogP contribution in [0.5, 0.6) is 0 Å². The highest BCUT2D eigenvalue weighted by atomic mass is 35.5. The van der Waals surface area contributed by atoms with E-state index in [0.29, 0.717) is 31.7 Å². The number of aryl methyl sites for hydroxylation is 1. The fourth-order valence-corrected chi connectivity index (χ4v) is 4.13. The smallest absolute Gasteiger partial charge is 0.350 e. The number of carbonyl (C=O) groups excluding carboxylic acids is 2. The van der Waals surface area contributed by atoms with E-state index in [1.807, 2.05) is 23.7 Å². The van der Waals surface area contributed by atoms with E-state index in [-0.39, 0.29) is 18.3 Å². The summed E-state index contributed by atoms with van der Waals surface area (Å²) < 4.78 is 6.79. The van der Waals surface area contributed by atoms with Gasteiger partial charge < -0.3 is 14.6 Å². The Hall–Kier alpha value is -2.43. The fourth-order valence-electron chi connectivity index (χ4n) is 2.41. The molecule has 3 aromatic rings. The second-order valence-electron chi connectivity index (χ2n) is 5.86. The van der Waals surface area contributed by atoms with Crippen LogP contribution in [-0.2, 0) is 16.6 Å². The first-order valence-corrected chi connectivity index (χ1v) is 10.8. The number of hydrogen-bond donors (Lipinski definition) is 1. The second-order valence-corrected chi connectivity index (χ2v) is 8.24. The first-order chi connectivity index (χ1) is 13.9. The number of rotatable bonds is 7. The molecule has 0 aliphatic rings. The number of aromatic nitrogens is 4. The van der Waals surface area contributed by atoms with Crippen molar-refractivity contribution >= 4 is 51.7 Å². The lowest BCUT2D eigenvalue weighted by molar-refractivity contribution is -0.113. The summed E-state index contributed by atoms with van der Waals surface area (Å²) in [6.45, 7) is 3.72. The maximum absolute atomic E-state index is 12.3. The molecular formula is C18H18ClN5O3S2. The Morgan fingerprint density at radius 2 is 2.00 bits per heavy atom. The predicted molar refractivity (Wildman–Crippen MR) is 114 cm³/mol. The van der Waals surface area contributed by atoms with Crippen molar-refractivity contribution in [2.75, 3.05) is 17.7 Å². The van der Waals surface area contributed by atoms with E-state index in [1.165, 1.54) is 11.8 Å². The zero-order valence-corrected chi connectivity index (χ0v) is 18.3. The van der Waals surface area contributed by atoms with E-state index in [9.17, 15) is 9.59 Å². The van der Waals surface area contributed by atoms with Gasteiger partial charge in [-0.2, -0.15) is 0 Å². The first-order valence-electron chi connectivity index (χ1n) is 8.61. The summed E-state index contributed by atoms with van der Waals surface area (Å²) in [6.07, 6.45) is 0. The van der Waals surface area contributed by atoms with Gasteiger partial charge in [0.1, 0.15) is 4.88 Å². The minimum atomic E-state index is -0.439. The molecule has 0 saturated carbocycles. The van der Waals surface area contributed by atoms with Crippen LogP contribution in [0.2, 0.25) is 5.02 Å². The average Bonchev–Trinajstić information content (AvgIpc) is 3.23. The predicted octanol–water partition coefficient (Wildman–Crippen LogP) is 3.81. The number of halogens is 1. The normalized spacial score (nSPS) is 10.8. The number of esters is 1. The molecule has 11 heteroatoms. The third-order valence-electron chi connectivity index (χ3n) is 3.77. The molecule has 152 valence electrons. The second kappa shape index (κ2) is 9.38. The molecule has 0 saturated heterocycles. The number of hydrogen-bond acceptors (Lipinski definition) is 8. The molecule has 0 bridgehead atoms. The number of nitrogens with one attached hydrogen (secondary N) is 1. The lowest BCUT2D eigenvalue weighted by Gasteiger charge is -2.04. The molecule has 29 heavy (non-hydrogen) atoms. The number of thioether (sulfide) groups is 1. The Morgan fingerprint density at radius 3 is 2.69 bits per heavy atom. The summed E-state index contributed by atoms with van der Waals surface area (Å²) in [6, 6.07) is 7.29. The van der Waals surface area contributed by atoms with Crippen LogP contribution >= 0.6 is 34.7 Å². The summed E-state index contributed by atoms with van der Waals surface area (Å²) in [5.41, 5.74) is 1.41. The van der Waals surface area contributed by atoms with Crippen LogP contribution < -0.4 is 5.32 Å². The van der Waals surface area contributed by atoms with Gasteiger partial charge >= 0.3 is 5.97 Å². The molecule has 2 aromatic heterocycles. The number of amides is 1. The topological polar surface area (TPSA) is 99.0 Å². The van der Waals surface area contributed by atoms with E-state index >= 15 is 0 Å². The SMILES string of the molecule is CCOC(=O)c1sc(NC(=O)CSc2nnc(-c3ccc(Cl)cc3)n2C)nc1C. The van der Waals surface area contributed by atoms with Crippen LogP contribution in [0.3, 0.4) is 0 Å². The third kappa shape index (κ3) is 5.14. The van der Waals surface area contributed by atoms with Crippen molar-refractivity contribution < 1.29 is 14.3 Å². The van der Waals surface area contributed by atoms with E-state index in [1.54, 1.807) is 26.0 Å². The van der Waals surface area contributed by atoms with Crippen molar-refractivity contribution in [2.24, 2.45) is 7.05 Å². The number of thiazole rings is 1. The number of ether oxygens (including phenoxy) is 1. The van der Waals surface area contributed by atoms with Crippen LogP contribution in [0.25, 0.3) is 11.4 Å². The van der Waals surface area contributed by atoms with Gasteiger partial charge in [-0.15, -0.1) is 10.2 Å². The van der Waals surface area contributed by atoms with Crippen LogP contribution in [0.4, 0.5) is 5.13 Å². The standard InChI is InChI=1S/C18H18ClN5O3S2/c1-4-27-16(26)14-10(2)20-17(29-14)21-13(25)9-28-18-23-22-15(24(18)3)11-5-7-12(19)8-6-11/h5-8H,4,9H2,1-3H3,(H,20,21,25). The summed E-state index contributed by atoms with van der Waals surface area (Å²) in [5, 5.41) is 12.6. The van der Waals surface area contributed by atoms with Crippen molar-refractivity contribution in [3.05, 3.63) is 39.9 Å². The fraction of sp³-hybridized carbons (Fsp3) is 0.278. The van der Waals surface area contributed by atoms with Crippen LogP contribution in [0, 0.1) is 6.92 Å². The zero-order chi connectivity index (χ0) is 21.0. The number of anilines is 1. The van der Waals surface area contributed by atoms with Crippen molar-refractivity contribution in [1.82, 2.24) is 19.7 Å². The maximum Gasteiger partial charge on any atom is 0.350 e. The number of benzene rings is 1. The molecule has 0 atom stereocenters. The van der Waals surface area contributed by atoms with E-state index in [0.717, 1.165) is 16.9 Å². The molecular weight excluding hydrogens is 434 g/mol. The molecule has 0 unspecified atom stereocenters. The van der Waals surface area contributed by atoms with Gasteiger partial charge in [-0.1, -0.05) is 34.7 Å². The average molecular weight is 452 g/mol. The Kier molecular flexibility index (Phi) is 6.88. The largest absolute Gasteiger partial charge is 0.462 e. The van der Waals surface area contributed by atoms with Gasteiger partial charge in [-0.05, 0) is 38.1 Å². The van der Waals surface area contributed by atoms with Gasteiger partial charge in [0, 0.05) is 17.6 Å². The molecule has 1 aromatic carbocycles. The molecule has 0 spiro atoms.